The van der Waals surface area contributed by atoms with Crippen molar-refractivity contribution < 1.29 is 9.59 Å². The summed E-state index contributed by atoms with van der Waals surface area (Å²) in [5.74, 6) is 2.02. The molecule has 0 aromatic heterocycles. The normalized spacial score (nSPS) is 23.7. The van der Waals surface area contributed by atoms with Crippen molar-refractivity contribution in [2.45, 2.75) is 37.6 Å². The summed E-state index contributed by atoms with van der Waals surface area (Å²) < 4.78 is 0. The number of fused-ring (bicyclic) bond motifs is 7. The summed E-state index contributed by atoms with van der Waals surface area (Å²) in [5, 5.41) is 9.89. The van der Waals surface area contributed by atoms with E-state index in [4.69, 9.17) is 0 Å². The Labute approximate surface area is 241 Å². The number of para-hydroxylation sites is 1. The molecule has 1 aliphatic heterocycles. The van der Waals surface area contributed by atoms with Gasteiger partial charge in [-0.15, -0.1) is 0 Å². The first-order valence-electron chi connectivity index (χ1n) is 14.8. The molecule has 0 unspecified atom stereocenters. The summed E-state index contributed by atoms with van der Waals surface area (Å²) in [7, 11) is 0. The van der Waals surface area contributed by atoms with Gasteiger partial charge in [-0.05, 0) is 96.4 Å². The van der Waals surface area contributed by atoms with Gasteiger partial charge in [-0.1, -0.05) is 72.8 Å². The van der Waals surface area contributed by atoms with E-state index in [-0.39, 0.29) is 11.8 Å². The summed E-state index contributed by atoms with van der Waals surface area (Å²) in [5.41, 5.74) is 6.55. The third-order valence-corrected chi connectivity index (χ3v) is 9.47. The number of anilines is 2. The Bertz CT molecular complexity index is 1570. The molecule has 206 valence electrons. The lowest BCUT2D eigenvalue weighted by atomic mass is 9.68. The number of hydrogen-bond donors (Lipinski definition) is 3. The lowest BCUT2D eigenvalue weighted by Gasteiger charge is -2.43. The van der Waals surface area contributed by atoms with E-state index in [1.165, 1.54) is 36.0 Å². The van der Waals surface area contributed by atoms with Crippen molar-refractivity contribution in [3.8, 4) is 0 Å². The van der Waals surface area contributed by atoms with E-state index in [1.807, 2.05) is 36.4 Å². The molecule has 2 bridgehead atoms. The molecule has 0 saturated heterocycles. The molecule has 4 aromatic rings. The molecule has 3 N–H and O–H groups in total. The van der Waals surface area contributed by atoms with Crippen LogP contribution in [0.3, 0.4) is 0 Å². The first-order valence-corrected chi connectivity index (χ1v) is 14.8. The standard InChI is InChI=1S/C36H35N3O2/c40-35(39-30-14-8-7-13-28(30)36(41)37-20-19-23-9-3-1-4-10-23)27-17-18-31-29(22-27)32-25-15-16-26(21-25)33(32)34(38-31)24-11-5-2-6-12-24/h1-14,17-18,22,25-26,32-34,38H,15-16,19-21H2,(H,37,41)(H,39,40)/t25-,26-,32-,33+,34-/m0/s1. The zero-order chi connectivity index (χ0) is 27.8. The summed E-state index contributed by atoms with van der Waals surface area (Å²) in [6, 6.07) is 34.5. The molecule has 0 spiro atoms. The largest absolute Gasteiger partial charge is 0.378 e. The summed E-state index contributed by atoms with van der Waals surface area (Å²) >= 11 is 0. The smallest absolute Gasteiger partial charge is 0.255 e. The lowest BCUT2D eigenvalue weighted by Crippen LogP contribution is -2.35. The second-order valence-corrected chi connectivity index (χ2v) is 11.8. The van der Waals surface area contributed by atoms with E-state index >= 15 is 0 Å². The Hall–Kier alpha value is -4.38. The molecule has 7 rings (SSSR count). The topological polar surface area (TPSA) is 70.2 Å². The van der Waals surface area contributed by atoms with Gasteiger partial charge in [-0.25, -0.2) is 0 Å². The molecule has 2 saturated carbocycles. The van der Waals surface area contributed by atoms with Gasteiger partial charge in [0.15, 0.2) is 0 Å². The van der Waals surface area contributed by atoms with Crippen LogP contribution in [0.25, 0.3) is 0 Å². The summed E-state index contributed by atoms with van der Waals surface area (Å²) in [4.78, 5) is 26.6. The van der Waals surface area contributed by atoms with Gasteiger partial charge in [-0.3, -0.25) is 9.59 Å². The van der Waals surface area contributed by atoms with Crippen LogP contribution in [0.4, 0.5) is 11.4 Å². The second-order valence-electron chi connectivity index (χ2n) is 11.8. The fourth-order valence-corrected chi connectivity index (χ4v) is 7.66. The Morgan fingerprint density at radius 2 is 1.51 bits per heavy atom. The van der Waals surface area contributed by atoms with Crippen LogP contribution in [0.2, 0.25) is 0 Å². The van der Waals surface area contributed by atoms with Gasteiger partial charge in [0, 0.05) is 17.8 Å². The van der Waals surface area contributed by atoms with Crippen LogP contribution in [-0.2, 0) is 6.42 Å². The first-order chi connectivity index (χ1) is 20.2. The minimum Gasteiger partial charge on any atom is -0.378 e. The number of hydrogen-bond acceptors (Lipinski definition) is 3. The Kier molecular flexibility index (Phi) is 6.79. The van der Waals surface area contributed by atoms with Crippen LogP contribution in [0, 0.1) is 17.8 Å². The molecular formula is C36H35N3O2. The van der Waals surface area contributed by atoms with E-state index in [0.717, 1.165) is 18.0 Å². The van der Waals surface area contributed by atoms with Gasteiger partial charge in [0.25, 0.3) is 11.8 Å². The van der Waals surface area contributed by atoms with Gasteiger partial charge >= 0.3 is 0 Å². The third kappa shape index (κ3) is 4.90. The van der Waals surface area contributed by atoms with Crippen molar-refractivity contribution >= 4 is 23.2 Å². The fourth-order valence-electron chi connectivity index (χ4n) is 7.66. The molecule has 2 amide bonds. The summed E-state index contributed by atoms with van der Waals surface area (Å²) in [6.45, 7) is 0.525. The number of carbonyl (C=O) groups excluding carboxylic acids is 2. The van der Waals surface area contributed by atoms with Crippen molar-refractivity contribution in [3.63, 3.8) is 0 Å². The summed E-state index contributed by atoms with van der Waals surface area (Å²) in [6.07, 6.45) is 4.61. The molecule has 1 heterocycles. The van der Waals surface area contributed by atoms with E-state index in [9.17, 15) is 9.59 Å². The highest BCUT2D eigenvalue weighted by Gasteiger charge is 2.53. The van der Waals surface area contributed by atoms with Crippen molar-refractivity contribution in [3.05, 3.63) is 131 Å². The number of benzene rings is 4. The fraction of sp³-hybridized carbons (Fsp3) is 0.278. The molecule has 5 nitrogen and oxygen atoms in total. The van der Waals surface area contributed by atoms with Crippen LogP contribution < -0.4 is 16.0 Å². The van der Waals surface area contributed by atoms with Gasteiger partial charge in [0.05, 0.1) is 17.3 Å². The van der Waals surface area contributed by atoms with E-state index in [1.54, 1.807) is 12.1 Å². The van der Waals surface area contributed by atoms with Gasteiger partial charge in [-0.2, -0.15) is 0 Å². The maximum absolute atomic E-state index is 13.5. The zero-order valence-electron chi connectivity index (χ0n) is 23.1. The highest BCUT2D eigenvalue weighted by atomic mass is 16.2. The third-order valence-electron chi connectivity index (χ3n) is 9.47. The van der Waals surface area contributed by atoms with Gasteiger partial charge in [0.2, 0.25) is 0 Å². The first kappa shape index (κ1) is 25.6. The maximum Gasteiger partial charge on any atom is 0.255 e. The van der Waals surface area contributed by atoms with Crippen LogP contribution in [0.5, 0.6) is 0 Å². The van der Waals surface area contributed by atoms with E-state index < -0.39 is 0 Å². The highest BCUT2D eigenvalue weighted by Crippen LogP contribution is 2.63. The minimum absolute atomic E-state index is 0.191. The Balaban J connectivity index is 1.10. The van der Waals surface area contributed by atoms with Crippen LogP contribution in [0.1, 0.15) is 68.6 Å². The van der Waals surface area contributed by atoms with Gasteiger partial charge in [0.1, 0.15) is 0 Å². The Morgan fingerprint density at radius 3 is 2.34 bits per heavy atom. The molecule has 3 aliphatic rings. The molecule has 0 radical (unpaired) electrons. The molecule has 5 heteroatoms. The Morgan fingerprint density at radius 1 is 0.780 bits per heavy atom. The van der Waals surface area contributed by atoms with Crippen LogP contribution >= 0.6 is 0 Å². The van der Waals surface area contributed by atoms with Crippen LogP contribution in [-0.4, -0.2) is 18.4 Å². The average molecular weight is 542 g/mol. The lowest BCUT2D eigenvalue weighted by molar-refractivity contribution is 0.0955. The molecular weight excluding hydrogens is 506 g/mol. The van der Waals surface area contributed by atoms with Crippen molar-refractivity contribution in [1.82, 2.24) is 5.32 Å². The highest BCUT2D eigenvalue weighted by molar-refractivity contribution is 6.09. The average Bonchev–Trinajstić information content (AvgIpc) is 3.65. The molecule has 2 fully saturated rings. The van der Waals surface area contributed by atoms with Crippen LogP contribution in [0.15, 0.2) is 103 Å². The predicted octanol–water partition coefficient (Wildman–Crippen LogP) is 7.21. The van der Waals surface area contributed by atoms with E-state index in [0.29, 0.717) is 47.2 Å². The second kappa shape index (κ2) is 10.9. The number of nitrogens with one attached hydrogen (secondary N) is 3. The van der Waals surface area contributed by atoms with Crippen molar-refractivity contribution in [2.24, 2.45) is 17.8 Å². The van der Waals surface area contributed by atoms with Crippen molar-refractivity contribution in [2.75, 3.05) is 17.2 Å². The minimum atomic E-state index is -0.192. The maximum atomic E-state index is 13.5. The molecule has 4 aromatic carbocycles. The van der Waals surface area contributed by atoms with Crippen molar-refractivity contribution in [1.29, 1.82) is 0 Å². The number of rotatable bonds is 7. The quantitative estimate of drug-likeness (QED) is 0.232. The van der Waals surface area contributed by atoms with Gasteiger partial charge < -0.3 is 16.0 Å². The number of amides is 2. The molecule has 41 heavy (non-hydrogen) atoms. The molecule has 2 aliphatic carbocycles. The van der Waals surface area contributed by atoms with E-state index in [2.05, 4.69) is 70.5 Å². The molecule has 5 atom stereocenters. The predicted molar refractivity (Wildman–Crippen MR) is 163 cm³/mol. The zero-order valence-corrected chi connectivity index (χ0v) is 23.1. The number of carbonyl (C=O) groups is 2. The SMILES string of the molecule is O=C(Nc1ccccc1C(=O)NCCc1ccccc1)c1ccc2c(c1)[C@@H]1[C@H]3CC[C@@H](C3)[C@H]1[C@H](c1ccccc1)N2. The monoisotopic (exact) mass is 541 g/mol.